The Morgan fingerprint density at radius 2 is 1.53 bits per heavy atom. The lowest BCUT2D eigenvalue weighted by Crippen LogP contribution is -2.41. The molecular formula is C21H19BrClN3O4. The van der Waals surface area contributed by atoms with Crippen LogP contribution in [0.25, 0.3) is 4.48 Å². The topological polar surface area (TPSA) is 92.6 Å². The van der Waals surface area contributed by atoms with Gasteiger partial charge in [-0.1, -0.05) is 23.7 Å². The molecule has 3 rings (SSSR count). The van der Waals surface area contributed by atoms with E-state index < -0.39 is 10.8 Å². The second-order valence-corrected chi connectivity index (χ2v) is 8.04. The van der Waals surface area contributed by atoms with Crippen LogP contribution in [-0.4, -0.2) is 34.7 Å². The minimum Gasteiger partial charge on any atom is -0.337 e. The predicted octanol–water partition coefficient (Wildman–Crippen LogP) is 4.75. The largest absolute Gasteiger partial charge is 0.337 e. The number of likely N-dealkylation sites (tertiary alicyclic amines) is 1. The number of halogens is 2. The van der Waals surface area contributed by atoms with Crippen LogP contribution in [0.1, 0.15) is 35.2 Å². The number of non-ortho nitro benzene ring substituents is 1. The van der Waals surface area contributed by atoms with Crippen molar-refractivity contribution in [1.82, 2.24) is 10.2 Å². The van der Waals surface area contributed by atoms with Gasteiger partial charge < -0.3 is 10.2 Å². The molecule has 0 bridgehead atoms. The van der Waals surface area contributed by atoms with Gasteiger partial charge >= 0.3 is 0 Å². The average Bonchev–Trinajstić information content (AvgIpc) is 2.77. The number of rotatable bonds is 5. The molecule has 2 amide bonds. The Morgan fingerprint density at radius 1 is 0.967 bits per heavy atom. The molecule has 0 atom stereocenters. The van der Waals surface area contributed by atoms with E-state index >= 15 is 0 Å². The summed E-state index contributed by atoms with van der Waals surface area (Å²) in [6, 6.07) is 12.1. The second kappa shape index (κ2) is 9.86. The van der Waals surface area contributed by atoms with Gasteiger partial charge in [-0.3, -0.25) is 19.7 Å². The lowest BCUT2D eigenvalue weighted by Gasteiger charge is -2.28. The van der Waals surface area contributed by atoms with Crippen LogP contribution < -0.4 is 5.32 Å². The van der Waals surface area contributed by atoms with Crippen molar-refractivity contribution in [3.8, 4) is 0 Å². The predicted molar refractivity (Wildman–Crippen MR) is 118 cm³/mol. The van der Waals surface area contributed by atoms with Gasteiger partial charge in [0.1, 0.15) is 5.70 Å². The van der Waals surface area contributed by atoms with Gasteiger partial charge in [0.05, 0.1) is 9.41 Å². The van der Waals surface area contributed by atoms with Crippen LogP contribution in [0.2, 0.25) is 5.02 Å². The van der Waals surface area contributed by atoms with E-state index in [0.717, 1.165) is 19.3 Å². The van der Waals surface area contributed by atoms with Gasteiger partial charge in [-0.05, 0) is 65.0 Å². The van der Waals surface area contributed by atoms with Crippen LogP contribution >= 0.6 is 27.5 Å². The summed E-state index contributed by atoms with van der Waals surface area (Å²) >= 11 is 9.42. The maximum atomic E-state index is 13.2. The molecule has 1 aliphatic heterocycles. The first-order valence-corrected chi connectivity index (χ1v) is 10.5. The first kappa shape index (κ1) is 22.0. The molecule has 30 heavy (non-hydrogen) atoms. The summed E-state index contributed by atoms with van der Waals surface area (Å²) in [6.07, 6.45) is 2.89. The molecule has 1 aliphatic rings. The van der Waals surface area contributed by atoms with Crippen LogP contribution in [0.15, 0.2) is 54.2 Å². The van der Waals surface area contributed by atoms with Crippen molar-refractivity contribution in [2.75, 3.05) is 13.1 Å². The average molecular weight is 493 g/mol. The number of benzene rings is 2. The van der Waals surface area contributed by atoms with Crippen molar-refractivity contribution in [1.29, 1.82) is 0 Å². The van der Waals surface area contributed by atoms with Gasteiger partial charge in [0.25, 0.3) is 17.5 Å². The van der Waals surface area contributed by atoms with Crippen LogP contribution in [-0.2, 0) is 4.79 Å². The summed E-state index contributed by atoms with van der Waals surface area (Å²) in [5.41, 5.74) is 0.890. The number of carbonyl (C=O) groups is 2. The second-order valence-electron chi connectivity index (χ2n) is 6.81. The number of nitro groups is 1. The third-order valence-corrected chi connectivity index (χ3v) is 5.86. The lowest BCUT2D eigenvalue weighted by molar-refractivity contribution is -0.384. The van der Waals surface area contributed by atoms with Gasteiger partial charge in [-0.2, -0.15) is 0 Å². The molecule has 1 heterocycles. The van der Waals surface area contributed by atoms with E-state index in [4.69, 9.17) is 11.6 Å². The summed E-state index contributed by atoms with van der Waals surface area (Å²) in [4.78, 5) is 38.0. The van der Waals surface area contributed by atoms with E-state index in [-0.39, 0.29) is 22.9 Å². The molecule has 0 unspecified atom stereocenters. The molecule has 0 aliphatic carbocycles. The molecule has 1 saturated heterocycles. The normalized spacial score (nSPS) is 14.7. The number of carbonyl (C=O) groups excluding carboxylic acids is 2. The Bertz CT molecular complexity index is 984. The summed E-state index contributed by atoms with van der Waals surface area (Å²) in [5.74, 6) is -0.817. The van der Waals surface area contributed by atoms with Crippen LogP contribution in [0, 0.1) is 10.1 Å². The molecular weight excluding hydrogens is 474 g/mol. The van der Waals surface area contributed by atoms with E-state index in [9.17, 15) is 19.7 Å². The molecule has 2 aromatic carbocycles. The van der Waals surface area contributed by atoms with Crippen LogP contribution in [0.3, 0.4) is 0 Å². The molecule has 9 heteroatoms. The van der Waals surface area contributed by atoms with E-state index in [2.05, 4.69) is 21.2 Å². The maximum Gasteiger partial charge on any atom is 0.271 e. The highest BCUT2D eigenvalue weighted by Gasteiger charge is 2.25. The van der Waals surface area contributed by atoms with Gasteiger partial charge in [0.2, 0.25) is 0 Å². The van der Waals surface area contributed by atoms with E-state index in [1.165, 1.54) is 24.3 Å². The number of hydrogen-bond donors (Lipinski definition) is 1. The monoisotopic (exact) mass is 491 g/mol. The number of nitrogens with zero attached hydrogens (tertiary/aromatic N) is 2. The SMILES string of the molecule is O=C(N/C(C(=O)N1CCCCC1)=C(/Br)c1ccc(Cl)cc1)c1ccc([N+](=O)[O-])cc1. The van der Waals surface area contributed by atoms with E-state index in [1.54, 1.807) is 29.2 Å². The number of amides is 2. The van der Waals surface area contributed by atoms with E-state index in [1.807, 2.05) is 0 Å². The highest BCUT2D eigenvalue weighted by Crippen LogP contribution is 2.27. The standard InChI is InChI=1S/C21H19BrClN3O4/c22-18(14-4-8-16(23)9-5-14)19(21(28)25-12-2-1-3-13-25)24-20(27)15-6-10-17(11-7-15)26(29)30/h4-11H,1-3,12-13H2,(H,24,27)/b19-18+. The number of nitro benzene ring substituents is 1. The van der Waals surface area contributed by atoms with Crippen molar-refractivity contribution < 1.29 is 14.5 Å². The molecule has 0 aromatic heterocycles. The smallest absolute Gasteiger partial charge is 0.271 e. The third kappa shape index (κ3) is 5.25. The number of piperidine rings is 1. The third-order valence-electron chi connectivity index (χ3n) is 4.75. The van der Waals surface area contributed by atoms with Crippen LogP contribution in [0.4, 0.5) is 5.69 Å². The molecule has 156 valence electrons. The summed E-state index contributed by atoms with van der Waals surface area (Å²) in [7, 11) is 0. The Morgan fingerprint density at radius 3 is 2.10 bits per heavy atom. The first-order chi connectivity index (χ1) is 14.4. The number of nitrogens with one attached hydrogen (secondary N) is 1. The Balaban J connectivity index is 1.93. The van der Waals surface area contributed by atoms with Crippen molar-refractivity contribution in [3.05, 3.63) is 80.5 Å². The van der Waals surface area contributed by atoms with E-state index in [0.29, 0.717) is 28.2 Å². The number of hydrogen-bond acceptors (Lipinski definition) is 4. The van der Waals surface area contributed by atoms with Crippen LogP contribution in [0.5, 0.6) is 0 Å². The Kier molecular flexibility index (Phi) is 7.23. The minimum absolute atomic E-state index is 0.113. The highest BCUT2D eigenvalue weighted by atomic mass is 79.9. The van der Waals surface area contributed by atoms with Crippen molar-refractivity contribution in [3.63, 3.8) is 0 Å². The minimum atomic E-state index is -0.538. The molecule has 2 aromatic rings. The van der Waals surface area contributed by atoms with Crippen molar-refractivity contribution >= 4 is 49.5 Å². The molecule has 1 N–H and O–H groups in total. The molecule has 1 fully saturated rings. The molecule has 0 spiro atoms. The fourth-order valence-corrected chi connectivity index (χ4v) is 3.78. The van der Waals surface area contributed by atoms with Gasteiger partial charge in [-0.15, -0.1) is 0 Å². The van der Waals surface area contributed by atoms with Gasteiger partial charge in [0.15, 0.2) is 0 Å². The summed E-state index contributed by atoms with van der Waals surface area (Å²) in [6.45, 7) is 1.24. The van der Waals surface area contributed by atoms with Crippen molar-refractivity contribution in [2.24, 2.45) is 0 Å². The fraction of sp³-hybridized carbons (Fsp3) is 0.238. The zero-order valence-corrected chi connectivity index (χ0v) is 18.3. The zero-order valence-electron chi connectivity index (χ0n) is 15.9. The Hall–Kier alpha value is -2.71. The highest BCUT2D eigenvalue weighted by molar-refractivity contribution is 9.15. The summed E-state index contributed by atoms with van der Waals surface area (Å²) in [5, 5.41) is 14.1. The maximum absolute atomic E-state index is 13.2. The fourth-order valence-electron chi connectivity index (χ4n) is 3.12. The lowest BCUT2D eigenvalue weighted by atomic mass is 10.1. The Labute approximate surface area is 187 Å². The van der Waals surface area contributed by atoms with Gasteiger partial charge in [-0.25, -0.2) is 0 Å². The quantitative estimate of drug-likeness (QED) is 0.370. The van der Waals surface area contributed by atoms with Crippen molar-refractivity contribution in [2.45, 2.75) is 19.3 Å². The first-order valence-electron chi connectivity index (χ1n) is 9.37. The zero-order chi connectivity index (χ0) is 21.7. The van der Waals surface area contributed by atoms with Gasteiger partial charge in [0, 0.05) is 35.8 Å². The summed E-state index contributed by atoms with van der Waals surface area (Å²) < 4.78 is 0.435. The molecule has 0 radical (unpaired) electrons. The molecule has 7 nitrogen and oxygen atoms in total. The molecule has 0 saturated carbocycles.